The van der Waals surface area contributed by atoms with Crippen molar-refractivity contribution in [2.75, 3.05) is 0 Å². The molecular weight excluding hydrogens is 286 g/mol. The molecule has 2 N–H and O–H groups in total. The molecule has 3 fully saturated rings. The van der Waals surface area contributed by atoms with Crippen molar-refractivity contribution in [3.05, 3.63) is 0 Å². The van der Waals surface area contributed by atoms with Crippen LogP contribution in [0.1, 0.15) is 47.0 Å². The molecule has 2 saturated carbocycles. The van der Waals surface area contributed by atoms with Crippen LogP contribution in [0.2, 0.25) is 0 Å². The van der Waals surface area contributed by atoms with Crippen LogP contribution in [0.3, 0.4) is 0 Å². The van der Waals surface area contributed by atoms with E-state index >= 15 is 0 Å². The highest BCUT2D eigenvalue weighted by Crippen LogP contribution is 2.66. The molecule has 4 nitrogen and oxygen atoms in total. The molecule has 0 aromatic heterocycles. The van der Waals surface area contributed by atoms with Gasteiger partial charge in [-0.15, -0.1) is 0 Å². The molecule has 21 heavy (non-hydrogen) atoms. The zero-order chi connectivity index (χ0) is 15.6. The fourth-order valence-corrected chi connectivity index (χ4v) is 5.61. The predicted octanol–water partition coefficient (Wildman–Crippen LogP) is 2.39. The maximum atomic E-state index is 10.9. The first-order valence-electron chi connectivity index (χ1n) is 7.88. The predicted molar refractivity (Wildman–Crippen MR) is 83.0 cm³/mol. The summed E-state index contributed by atoms with van der Waals surface area (Å²) in [5, 5.41) is 24.0. The third-order valence-corrected chi connectivity index (χ3v) is 6.44. The number of isothiocyanates is 1. The Balaban J connectivity index is 2.11. The number of hydrogen-bond donors (Lipinski definition) is 2. The Morgan fingerprint density at radius 3 is 2.57 bits per heavy atom. The van der Waals surface area contributed by atoms with Crippen LogP contribution < -0.4 is 0 Å². The molecule has 0 aromatic rings. The number of aliphatic imine (C=N–C) groups is 1. The number of fused-ring (bicyclic) bond motifs is 1. The van der Waals surface area contributed by atoms with Crippen LogP contribution in [0.4, 0.5) is 0 Å². The van der Waals surface area contributed by atoms with Gasteiger partial charge in [-0.25, -0.2) is 4.99 Å². The summed E-state index contributed by atoms with van der Waals surface area (Å²) in [7, 11) is 0. The van der Waals surface area contributed by atoms with Crippen LogP contribution in [0, 0.1) is 23.7 Å². The smallest absolute Gasteiger partial charge is 0.168 e. The first-order chi connectivity index (χ1) is 9.69. The summed E-state index contributed by atoms with van der Waals surface area (Å²) in [6, 6.07) is 0. The van der Waals surface area contributed by atoms with Gasteiger partial charge in [0, 0.05) is 11.8 Å². The van der Waals surface area contributed by atoms with E-state index in [0.717, 1.165) is 19.3 Å². The van der Waals surface area contributed by atoms with E-state index < -0.39 is 17.5 Å². The van der Waals surface area contributed by atoms with Gasteiger partial charge in [0.25, 0.3) is 0 Å². The van der Waals surface area contributed by atoms with Crippen molar-refractivity contribution in [2.24, 2.45) is 28.7 Å². The van der Waals surface area contributed by atoms with Gasteiger partial charge >= 0.3 is 0 Å². The maximum Gasteiger partial charge on any atom is 0.168 e. The van der Waals surface area contributed by atoms with E-state index in [2.05, 4.69) is 30.9 Å². The van der Waals surface area contributed by atoms with E-state index in [1.807, 2.05) is 0 Å². The second kappa shape index (κ2) is 4.59. The van der Waals surface area contributed by atoms with Crippen LogP contribution in [0.5, 0.6) is 0 Å². The highest BCUT2D eigenvalue weighted by molar-refractivity contribution is 7.78. The lowest BCUT2D eigenvalue weighted by Crippen LogP contribution is -2.62. The highest BCUT2D eigenvalue weighted by atomic mass is 32.1. The molecule has 1 spiro atoms. The molecule has 2 aliphatic carbocycles. The number of aliphatic hydroxyl groups excluding tert-OH is 1. The Kier molecular flexibility index (Phi) is 3.40. The number of aliphatic hydroxyl groups is 2. The minimum Gasteiger partial charge on any atom is -0.390 e. The maximum absolute atomic E-state index is 10.9. The molecule has 118 valence electrons. The second-order valence-electron chi connectivity index (χ2n) is 7.80. The molecule has 7 atom stereocenters. The normalized spacial score (nSPS) is 55.4. The molecule has 2 bridgehead atoms. The van der Waals surface area contributed by atoms with Crippen LogP contribution in [0.15, 0.2) is 4.99 Å². The van der Waals surface area contributed by atoms with E-state index in [4.69, 9.17) is 17.0 Å². The molecular formula is C16H25NO3S. The minimum atomic E-state index is -1.25. The summed E-state index contributed by atoms with van der Waals surface area (Å²) in [5.41, 5.74) is -1.05. The van der Waals surface area contributed by atoms with E-state index in [9.17, 15) is 10.2 Å². The largest absolute Gasteiger partial charge is 0.390 e. The van der Waals surface area contributed by atoms with Gasteiger partial charge in [0.1, 0.15) is 5.60 Å². The fourth-order valence-electron chi connectivity index (χ4n) is 5.40. The number of hydrogen-bond acceptors (Lipinski definition) is 5. The Labute approximate surface area is 131 Å². The second-order valence-corrected chi connectivity index (χ2v) is 7.98. The summed E-state index contributed by atoms with van der Waals surface area (Å²) in [4.78, 5) is 4.44. The molecule has 1 saturated heterocycles. The third kappa shape index (κ3) is 1.85. The number of nitrogens with zero attached hydrogens (tertiary/aromatic N) is 1. The Hall–Kier alpha value is -0.320. The summed E-state index contributed by atoms with van der Waals surface area (Å²) in [6.45, 7) is 8.09. The van der Waals surface area contributed by atoms with E-state index in [-0.39, 0.29) is 23.3 Å². The van der Waals surface area contributed by atoms with Crippen LogP contribution in [0.25, 0.3) is 0 Å². The summed E-state index contributed by atoms with van der Waals surface area (Å²) in [5.74, 6) is -0.799. The van der Waals surface area contributed by atoms with Crippen molar-refractivity contribution in [3.8, 4) is 0 Å². The quantitative estimate of drug-likeness (QED) is 0.607. The zero-order valence-corrected chi connectivity index (χ0v) is 14.0. The SMILES string of the molecule is CC(C)C1CCC(C)(N=C=S)C2CC3C(O)C12OC3(C)O. The lowest BCUT2D eigenvalue weighted by Gasteiger charge is -2.55. The molecule has 3 aliphatic rings. The first-order valence-corrected chi connectivity index (χ1v) is 8.29. The van der Waals surface area contributed by atoms with E-state index in [1.54, 1.807) is 6.92 Å². The number of thiocarbonyl (C=S) groups is 1. The van der Waals surface area contributed by atoms with Gasteiger partial charge in [-0.05, 0) is 57.2 Å². The van der Waals surface area contributed by atoms with Gasteiger partial charge in [-0.3, -0.25) is 0 Å². The minimum absolute atomic E-state index is 0.0850. The van der Waals surface area contributed by atoms with Crippen molar-refractivity contribution in [3.63, 3.8) is 0 Å². The molecule has 0 amide bonds. The lowest BCUT2D eigenvalue weighted by atomic mass is 9.58. The molecule has 7 unspecified atom stereocenters. The third-order valence-electron chi connectivity index (χ3n) is 6.35. The van der Waals surface area contributed by atoms with Gasteiger partial charge in [-0.1, -0.05) is 13.8 Å². The van der Waals surface area contributed by atoms with Gasteiger partial charge in [-0.2, -0.15) is 0 Å². The summed E-state index contributed by atoms with van der Waals surface area (Å²) >= 11 is 4.83. The zero-order valence-electron chi connectivity index (χ0n) is 13.2. The van der Waals surface area contributed by atoms with Gasteiger partial charge < -0.3 is 14.9 Å². The lowest BCUT2D eigenvalue weighted by molar-refractivity contribution is -0.296. The molecule has 5 heteroatoms. The molecule has 0 radical (unpaired) electrons. The van der Waals surface area contributed by atoms with Gasteiger partial charge in [0.15, 0.2) is 5.79 Å². The molecule has 0 aromatic carbocycles. The summed E-state index contributed by atoms with van der Waals surface area (Å²) < 4.78 is 6.15. The first kappa shape index (κ1) is 15.6. The van der Waals surface area contributed by atoms with E-state index in [1.165, 1.54) is 0 Å². The van der Waals surface area contributed by atoms with Crippen molar-refractivity contribution in [1.82, 2.24) is 0 Å². The average Bonchev–Trinajstić information content (AvgIpc) is 2.74. The fraction of sp³-hybridized carbons (Fsp3) is 0.938. The monoisotopic (exact) mass is 311 g/mol. The van der Waals surface area contributed by atoms with Crippen LogP contribution in [-0.2, 0) is 4.74 Å². The van der Waals surface area contributed by atoms with Crippen LogP contribution >= 0.6 is 12.2 Å². The van der Waals surface area contributed by atoms with Crippen molar-refractivity contribution < 1.29 is 14.9 Å². The Bertz CT molecular complexity index is 502. The van der Waals surface area contributed by atoms with Crippen LogP contribution in [-0.4, -0.2) is 38.4 Å². The Morgan fingerprint density at radius 1 is 1.38 bits per heavy atom. The van der Waals surface area contributed by atoms with Gasteiger partial charge in [0.2, 0.25) is 0 Å². The topological polar surface area (TPSA) is 62.1 Å². The van der Waals surface area contributed by atoms with Crippen molar-refractivity contribution >= 4 is 17.4 Å². The van der Waals surface area contributed by atoms with E-state index in [0.29, 0.717) is 5.92 Å². The highest BCUT2D eigenvalue weighted by Gasteiger charge is 2.75. The summed E-state index contributed by atoms with van der Waals surface area (Å²) in [6.07, 6.45) is 1.95. The van der Waals surface area contributed by atoms with Crippen molar-refractivity contribution in [1.29, 1.82) is 0 Å². The standard InChI is InChI=1S/C16H25NO3S/c1-9(2)10-5-6-14(3,17-8-21)12-7-11-13(18)16(10,12)20-15(11,4)19/h9-13,18-19H,5-7H2,1-4H3. The molecule has 1 heterocycles. The molecule has 3 rings (SSSR count). The van der Waals surface area contributed by atoms with Gasteiger partial charge in [0.05, 0.1) is 16.8 Å². The number of ether oxygens (including phenoxy) is 1. The molecule has 1 aliphatic heterocycles. The Morgan fingerprint density at radius 2 is 2.05 bits per heavy atom. The average molecular weight is 311 g/mol. The number of rotatable bonds is 2. The van der Waals surface area contributed by atoms with Crippen molar-refractivity contribution in [2.45, 2.75) is 70.0 Å².